The first-order valence-electron chi connectivity index (χ1n) is 5.18. The minimum absolute atomic E-state index is 0. The minimum Gasteiger partial charge on any atom is -1.00 e. The molecule has 0 radical (unpaired) electrons. The van der Waals surface area contributed by atoms with Crippen LogP contribution in [0.25, 0.3) is 0 Å². The van der Waals surface area contributed by atoms with Crippen LogP contribution in [0.4, 0.5) is 0 Å². The van der Waals surface area contributed by atoms with Gasteiger partial charge in [-0.15, -0.1) is 12.1 Å². The summed E-state index contributed by atoms with van der Waals surface area (Å²) in [5, 5.41) is 0. The van der Waals surface area contributed by atoms with Gasteiger partial charge in [0.2, 0.25) is 0 Å². The molecule has 0 saturated heterocycles. The van der Waals surface area contributed by atoms with Crippen molar-refractivity contribution in [1.82, 2.24) is 4.90 Å². The van der Waals surface area contributed by atoms with E-state index in [9.17, 15) is 0 Å². The average Bonchev–Trinajstić information content (AvgIpc) is 2.26. The summed E-state index contributed by atoms with van der Waals surface area (Å²) in [5.41, 5.74) is 0. The molecular weight excluding hydrogens is 278 g/mol. The number of benzene rings is 1. The molecule has 0 bridgehead atoms. The number of likely N-dealkylation sites (N-methyl/N-ethyl adjacent to an activating group) is 1. The molecule has 0 amide bonds. The van der Waals surface area contributed by atoms with Crippen molar-refractivity contribution in [2.45, 2.75) is 13.8 Å². The van der Waals surface area contributed by atoms with E-state index in [0.29, 0.717) is 0 Å². The largest absolute Gasteiger partial charge is 2.00 e. The minimum atomic E-state index is 0. The summed E-state index contributed by atoms with van der Waals surface area (Å²) >= 11 is 0. The van der Waals surface area contributed by atoms with Gasteiger partial charge in [0.15, 0.2) is 0 Å². The van der Waals surface area contributed by atoms with Crippen LogP contribution in [0, 0.1) is 6.07 Å². The normalized spacial score (nSPS) is 9.19. The van der Waals surface area contributed by atoms with Crippen LogP contribution in [0.5, 0.6) is 5.75 Å². The van der Waals surface area contributed by atoms with E-state index in [0.717, 1.165) is 32.0 Å². The first kappa shape index (κ1) is 18.6. The van der Waals surface area contributed by atoms with Crippen LogP contribution in [0.1, 0.15) is 13.8 Å². The second-order valence-corrected chi connectivity index (χ2v) is 3.11. The summed E-state index contributed by atoms with van der Waals surface area (Å²) < 4.78 is 5.58. The third kappa shape index (κ3) is 7.49. The Hall–Kier alpha value is 0.226. The molecule has 1 aromatic rings. The molecule has 86 valence electrons. The van der Waals surface area contributed by atoms with Crippen LogP contribution in [0.15, 0.2) is 24.3 Å². The van der Waals surface area contributed by atoms with E-state index >= 15 is 0 Å². The van der Waals surface area contributed by atoms with Crippen LogP contribution in [0.2, 0.25) is 0 Å². The summed E-state index contributed by atoms with van der Waals surface area (Å²) in [5.74, 6) is 0.927. The predicted molar refractivity (Wildman–Crippen MR) is 64.3 cm³/mol. The molecule has 0 heterocycles. The molecule has 0 unspecified atom stereocenters. The van der Waals surface area contributed by atoms with Crippen molar-refractivity contribution in [3.63, 3.8) is 0 Å². The van der Waals surface area contributed by atoms with E-state index < -0.39 is 0 Å². The second kappa shape index (κ2) is 11.7. The van der Waals surface area contributed by atoms with Gasteiger partial charge in [-0.3, -0.25) is 0 Å². The van der Waals surface area contributed by atoms with Crippen LogP contribution >= 0.6 is 0 Å². The van der Waals surface area contributed by atoms with Crippen molar-refractivity contribution in [2.24, 2.45) is 0 Å². The van der Waals surface area contributed by atoms with Gasteiger partial charge in [-0.1, -0.05) is 13.8 Å². The van der Waals surface area contributed by atoms with Gasteiger partial charge in [-0.25, -0.2) is 0 Å². The Morgan fingerprint density at radius 1 is 1.19 bits per heavy atom. The molecule has 2 nitrogen and oxygen atoms in total. The summed E-state index contributed by atoms with van der Waals surface area (Å²) in [6, 6.07) is 10.6. The number of nitrogens with zero attached hydrogens (tertiary/aromatic N) is 1. The van der Waals surface area contributed by atoms with Gasteiger partial charge >= 0.3 is 23.1 Å². The van der Waals surface area contributed by atoms with Crippen molar-refractivity contribution in [3.8, 4) is 5.75 Å². The Kier molecular flexibility index (Phi) is 13.6. The average molecular weight is 296 g/mol. The molecule has 0 aromatic heterocycles. The molecular formula is C12H18BrMgNO. The topological polar surface area (TPSA) is 12.5 Å². The van der Waals surface area contributed by atoms with Crippen molar-refractivity contribution in [1.29, 1.82) is 0 Å². The van der Waals surface area contributed by atoms with E-state index in [2.05, 4.69) is 24.8 Å². The van der Waals surface area contributed by atoms with E-state index in [1.807, 2.05) is 24.3 Å². The van der Waals surface area contributed by atoms with Crippen molar-refractivity contribution in [3.05, 3.63) is 30.3 Å². The predicted octanol–water partition coefficient (Wildman–Crippen LogP) is -1.17. The van der Waals surface area contributed by atoms with Gasteiger partial charge in [0.05, 0.1) is 6.61 Å². The monoisotopic (exact) mass is 295 g/mol. The number of rotatable bonds is 6. The zero-order chi connectivity index (χ0) is 10.2. The second-order valence-electron chi connectivity index (χ2n) is 3.11. The zero-order valence-corrected chi connectivity index (χ0v) is 13.1. The quantitative estimate of drug-likeness (QED) is 0.485. The maximum Gasteiger partial charge on any atom is 2.00 e. The molecule has 16 heavy (non-hydrogen) atoms. The van der Waals surface area contributed by atoms with Gasteiger partial charge in [0, 0.05) is 12.3 Å². The summed E-state index contributed by atoms with van der Waals surface area (Å²) in [7, 11) is 0. The van der Waals surface area contributed by atoms with E-state index in [1.54, 1.807) is 0 Å². The third-order valence-electron chi connectivity index (χ3n) is 2.26. The molecule has 1 aromatic carbocycles. The van der Waals surface area contributed by atoms with Crippen molar-refractivity contribution < 1.29 is 21.7 Å². The molecule has 1 rings (SSSR count). The molecule has 0 spiro atoms. The van der Waals surface area contributed by atoms with Crippen LogP contribution < -0.4 is 21.7 Å². The van der Waals surface area contributed by atoms with Crippen molar-refractivity contribution >= 4 is 23.1 Å². The Morgan fingerprint density at radius 3 is 2.25 bits per heavy atom. The number of halogens is 1. The van der Waals surface area contributed by atoms with Gasteiger partial charge in [0.25, 0.3) is 0 Å². The molecule has 0 aliphatic rings. The Balaban J connectivity index is 0. The van der Waals surface area contributed by atoms with Crippen LogP contribution in [-0.2, 0) is 0 Å². The Bertz CT molecular complexity index is 242. The van der Waals surface area contributed by atoms with E-state index in [1.165, 1.54) is 0 Å². The van der Waals surface area contributed by atoms with Crippen molar-refractivity contribution in [2.75, 3.05) is 26.2 Å². The zero-order valence-electron chi connectivity index (χ0n) is 10.1. The van der Waals surface area contributed by atoms with E-state index in [-0.39, 0.29) is 40.0 Å². The van der Waals surface area contributed by atoms with Crippen LogP contribution in [-0.4, -0.2) is 54.2 Å². The third-order valence-corrected chi connectivity index (χ3v) is 2.26. The summed E-state index contributed by atoms with van der Waals surface area (Å²) in [6.07, 6.45) is 0. The maximum atomic E-state index is 5.58. The molecule has 0 fully saturated rings. The number of ether oxygens (including phenoxy) is 1. The first-order valence-corrected chi connectivity index (χ1v) is 5.18. The van der Waals surface area contributed by atoms with Crippen LogP contribution in [0.3, 0.4) is 0 Å². The molecule has 0 atom stereocenters. The van der Waals surface area contributed by atoms with Gasteiger partial charge in [-0.05, 0) is 13.1 Å². The Morgan fingerprint density at radius 2 is 1.75 bits per heavy atom. The summed E-state index contributed by atoms with van der Waals surface area (Å²) in [4.78, 5) is 2.34. The number of hydrogen-bond acceptors (Lipinski definition) is 2. The van der Waals surface area contributed by atoms with Gasteiger partial charge in [0.1, 0.15) is 0 Å². The fourth-order valence-corrected chi connectivity index (χ4v) is 1.30. The fraction of sp³-hybridized carbons (Fsp3) is 0.500. The smallest absolute Gasteiger partial charge is 1.00 e. The molecule has 4 heteroatoms. The number of hydrogen-bond donors (Lipinski definition) is 0. The Labute approximate surface area is 125 Å². The van der Waals surface area contributed by atoms with E-state index in [4.69, 9.17) is 4.74 Å². The molecule has 0 aliphatic carbocycles. The standard InChI is InChI=1S/C12H18NO.BrH.Mg/c1-3-13(4-2)10-11-14-12-8-6-5-7-9-12;;/h6-9H,3-4,10-11H2,1-2H3;1H;/q-1;;+2/p-1. The SMILES string of the molecule is CCN(CC)CCOc1cc[c-]cc1.[Br-].[Mg+2]. The van der Waals surface area contributed by atoms with Gasteiger partial charge in [-0.2, -0.15) is 18.2 Å². The fourth-order valence-electron chi connectivity index (χ4n) is 1.30. The molecule has 0 saturated carbocycles. The van der Waals surface area contributed by atoms with Gasteiger partial charge < -0.3 is 26.6 Å². The molecule has 0 N–H and O–H groups in total. The summed E-state index contributed by atoms with van der Waals surface area (Å²) in [6.45, 7) is 8.25. The molecule has 0 aliphatic heterocycles. The first-order chi connectivity index (χ1) is 6.86. The maximum absolute atomic E-state index is 5.58.